The Labute approximate surface area is 193 Å². The summed E-state index contributed by atoms with van der Waals surface area (Å²) >= 11 is 3.41. The number of rotatable bonds is 6. The topological polar surface area (TPSA) is 140 Å². The van der Waals surface area contributed by atoms with Crippen molar-refractivity contribution in [2.45, 2.75) is 45.7 Å². The smallest absolute Gasteiger partial charge is 0.293 e. The van der Waals surface area contributed by atoms with Gasteiger partial charge in [0.2, 0.25) is 11.6 Å². The number of carbonyl (C=O) groups is 1. The predicted molar refractivity (Wildman–Crippen MR) is 121 cm³/mol. The van der Waals surface area contributed by atoms with E-state index in [1.807, 2.05) is 31.2 Å². The number of nitrogens with zero attached hydrogens (tertiary/aromatic N) is 7. The number of nitrogen functional groups attached to an aromatic ring is 1. The Morgan fingerprint density at radius 3 is 2.78 bits per heavy atom. The van der Waals surface area contributed by atoms with Gasteiger partial charge in [-0.25, -0.2) is 10.1 Å². The van der Waals surface area contributed by atoms with Crippen molar-refractivity contribution < 1.29 is 9.42 Å². The minimum atomic E-state index is -0.470. The van der Waals surface area contributed by atoms with E-state index in [0.29, 0.717) is 24.0 Å². The van der Waals surface area contributed by atoms with Gasteiger partial charge >= 0.3 is 0 Å². The van der Waals surface area contributed by atoms with E-state index in [9.17, 15) is 4.79 Å². The Morgan fingerprint density at radius 2 is 2.09 bits per heavy atom. The van der Waals surface area contributed by atoms with E-state index in [1.54, 1.807) is 0 Å². The number of anilines is 1. The summed E-state index contributed by atoms with van der Waals surface area (Å²) in [5.74, 6) is -0.202. The summed E-state index contributed by atoms with van der Waals surface area (Å²) in [6, 6.07) is 8.02. The Bertz CT molecular complexity index is 1120. The van der Waals surface area contributed by atoms with Crippen molar-refractivity contribution in [3.05, 3.63) is 45.7 Å². The fourth-order valence-electron chi connectivity index (χ4n) is 3.66. The van der Waals surface area contributed by atoms with Crippen molar-refractivity contribution in [3.8, 4) is 5.82 Å². The summed E-state index contributed by atoms with van der Waals surface area (Å²) in [7, 11) is 0. The van der Waals surface area contributed by atoms with Gasteiger partial charge in [-0.1, -0.05) is 39.7 Å². The molecule has 1 aliphatic heterocycles. The molecule has 3 heterocycles. The molecule has 3 N–H and O–H groups in total. The van der Waals surface area contributed by atoms with Crippen LogP contribution in [0.5, 0.6) is 0 Å². The molecular weight excluding hydrogens is 478 g/mol. The maximum Gasteiger partial charge on any atom is 0.293 e. The molecule has 0 spiro atoms. The van der Waals surface area contributed by atoms with Crippen LogP contribution in [0.25, 0.3) is 5.82 Å². The molecule has 11 nitrogen and oxygen atoms in total. The van der Waals surface area contributed by atoms with Crippen molar-refractivity contribution in [2.75, 3.05) is 12.3 Å². The molecule has 0 bridgehead atoms. The Kier molecular flexibility index (Phi) is 6.61. The lowest BCUT2D eigenvalue weighted by atomic mass is 10.0. The molecule has 168 valence electrons. The lowest BCUT2D eigenvalue weighted by molar-refractivity contribution is 0.0944. The molecule has 3 aromatic rings. The number of hydrogen-bond acceptors (Lipinski definition) is 9. The van der Waals surface area contributed by atoms with Gasteiger partial charge in [0.25, 0.3) is 5.91 Å². The first kappa shape index (κ1) is 22.1. The average molecular weight is 502 g/mol. The number of nitrogens with one attached hydrogen (secondary N) is 1. The van der Waals surface area contributed by atoms with Gasteiger partial charge in [0.15, 0.2) is 5.69 Å². The molecular formula is C20H24BrN9O2. The summed E-state index contributed by atoms with van der Waals surface area (Å²) in [5.41, 5.74) is 10.7. The van der Waals surface area contributed by atoms with E-state index in [2.05, 4.69) is 58.9 Å². The number of carbonyl (C=O) groups excluding carboxylic acids is 1. The molecule has 0 saturated carbocycles. The lowest BCUT2D eigenvalue weighted by Crippen LogP contribution is -2.38. The van der Waals surface area contributed by atoms with Crippen LogP contribution in [-0.4, -0.2) is 54.4 Å². The van der Waals surface area contributed by atoms with Crippen molar-refractivity contribution in [1.29, 1.82) is 0 Å². The molecule has 12 heteroatoms. The number of halogens is 1. The maximum atomic E-state index is 13.0. The normalized spacial score (nSPS) is 17.5. The first-order chi connectivity index (χ1) is 15.4. The van der Waals surface area contributed by atoms with Gasteiger partial charge < -0.3 is 5.73 Å². The van der Waals surface area contributed by atoms with Crippen molar-refractivity contribution in [3.63, 3.8) is 0 Å². The zero-order chi connectivity index (χ0) is 22.7. The number of amides is 1. The van der Waals surface area contributed by atoms with E-state index in [4.69, 9.17) is 10.4 Å². The molecule has 4 rings (SSSR count). The molecule has 1 aliphatic rings. The third-order valence-corrected chi connectivity index (χ3v) is 6.08. The van der Waals surface area contributed by atoms with Gasteiger partial charge in [0.1, 0.15) is 0 Å². The Balaban J connectivity index is 1.61. The largest absolute Gasteiger partial charge is 0.378 e. The molecule has 1 aromatic carbocycles. The highest BCUT2D eigenvalue weighted by Gasteiger charge is 2.28. The van der Waals surface area contributed by atoms with Crippen LogP contribution in [0.1, 0.15) is 54.9 Å². The van der Waals surface area contributed by atoms with Gasteiger partial charge in [-0.2, -0.15) is 9.78 Å². The van der Waals surface area contributed by atoms with Gasteiger partial charge in [0.05, 0.1) is 11.4 Å². The molecule has 1 atom stereocenters. The van der Waals surface area contributed by atoms with Crippen LogP contribution >= 0.6 is 15.9 Å². The second-order valence-electron chi connectivity index (χ2n) is 7.73. The van der Waals surface area contributed by atoms with Gasteiger partial charge in [0, 0.05) is 17.1 Å². The monoisotopic (exact) mass is 501 g/mol. The molecule has 0 radical (unpaired) electrons. The van der Waals surface area contributed by atoms with E-state index in [-0.39, 0.29) is 17.3 Å². The van der Waals surface area contributed by atoms with Crippen molar-refractivity contribution in [1.82, 2.24) is 35.6 Å². The lowest BCUT2D eigenvalue weighted by Gasteiger charge is -2.33. The fourth-order valence-corrected chi connectivity index (χ4v) is 3.92. The van der Waals surface area contributed by atoms with Crippen LogP contribution in [0.3, 0.4) is 0 Å². The summed E-state index contributed by atoms with van der Waals surface area (Å²) in [6.45, 7) is 5.36. The fraction of sp³-hybridized carbons (Fsp3) is 0.400. The van der Waals surface area contributed by atoms with Gasteiger partial charge in [-0.15, -0.1) is 5.10 Å². The SMILES string of the molecule is C/C(=N\NC(=O)c1nnn(-c2nonc2N)c1CN1CCCC[C@H]1C)c1ccc(Br)cc1. The average Bonchev–Trinajstić information content (AvgIpc) is 3.39. The number of nitrogens with two attached hydrogens (primary N) is 1. The third-order valence-electron chi connectivity index (χ3n) is 5.56. The summed E-state index contributed by atoms with van der Waals surface area (Å²) in [4.78, 5) is 15.3. The van der Waals surface area contributed by atoms with Crippen LogP contribution in [0.2, 0.25) is 0 Å². The number of aromatic nitrogens is 5. The highest BCUT2D eigenvalue weighted by molar-refractivity contribution is 9.10. The zero-order valence-electron chi connectivity index (χ0n) is 17.8. The van der Waals surface area contributed by atoms with E-state index in [0.717, 1.165) is 29.4 Å². The Hall–Kier alpha value is -3.12. The molecule has 0 aliphatic carbocycles. The summed E-state index contributed by atoms with van der Waals surface area (Å²) < 4.78 is 7.09. The van der Waals surface area contributed by atoms with Crippen molar-refractivity contribution in [2.24, 2.45) is 5.10 Å². The van der Waals surface area contributed by atoms with Gasteiger partial charge in [-0.05, 0) is 61.2 Å². The van der Waals surface area contributed by atoms with Gasteiger partial charge in [-0.3, -0.25) is 9.69 Å². The number of hydrogen-bond donors (Lipinski definition) is 2. The zero-order valence-corrected chi connectivity index (χ0v) is 19.4. The number of piperidine rings is 1. The molecule has 0 unspecified atom stereocenters. The van der Waals surface area contributed by atoms with Crippen LogP contribution < -0.4 is 11.2 Å². The maximum absolute atomic E-state index is 13.0. The number of benzene rings is 1. The Morgan fingerprint density at radius 1 is 1.31 bits per heavy atom. The van der Waals surface area contributed by atoms with Crippen LogP contribution in [-0.2, 0) is 6.54 Å². The second-order valence-corrected chi connectivity index (χ2v) is 8.65. The highest BCUT2D eigenvalue weighted by Crippen LogP contribution is 2.22. The molecule has 1 fully saturated rings. The van der Waals surface area contributed by atoms with E-state index < -0.39 is 5.91 Å². The minimum absolute atomic E-state index is 0.0684. The van der Waals surface area contributed by atoms with E-state index in [1.165, 1.54) is 11.1 Å². The number of hydrazone groups is 1. The highest BCUT2D eigenvalue weighted by atomic mass is 79.9. The molecule has 1 saturated heterocycles. The third kappa shape index (κ3) is 4.70. The van der Waals surface area contributed by atoms with Crippen LogP contribution in [0.4, 0.5) is 5.82 Å². The molecule has 2 aromatic heterocycles. The molecule has 1 amide bonds. The quantitative estimate of drug-likeness (QED) is 0.387. The first-order valence-electron chi connectivity index (χ1n) is 10.3. The summed E-state index contributed by atoms with van der Waals surface area (Å²) in [6.07, 6.45) is 3.37. The second kappa shape index (κ2) is 9.57. The summed E-state index contributed by atoms with van der Waals surface area (Å²) in [5, 5.41) is 19.9. The van der Waals surface area contributed by atoms with E-state index >= 15 is 0 Å². The standard InChI is InChI=1S/C20H24BrN9O2/c1-12-5-3-4-10-29(12)11-16-17(24-28-30(16)19-18(22)26-32-27-19)20(31)25-23-13(2)14-6-8-15(21)9-7-14/h6-9,12H,3-5,10-11H2,1-2H3,(H2,22,26)(H,25,31)/b23-13+/t12-/m1/s1. The van der Waals surface area contributed by atoms with Crippen LogP contribution in [0.15, 0.2) is 38.5 Å². The molecule has 32 heavy (non-hydrogen) atoms. The van der Waals surface area contributed by atoms with Crippen LogP contribution in [0, 0.1) is 0 Å². The first-order valence-corrected chi connectivity index (χ1v) is 11.1. The van der Waals surface area contributed by atoms with Crippen molar-refractivity contribution >= 4 is 33.4 Å². The number of likely N-dealkylation sites (tertiary alicyclic amines) is 1. The minimum Gasteiger partial charge on any atom is -0.378 e. The predicted octanol–water partition coefficient (Wildman–Crippen LogP) is 2.52.